The molecule has 2 aromatic heterocycles. The molecule has 2 heterocycles. The van der Waals surface area contributed by atoms with Crippen LogP contribution in [0.5, 0.6) is 0 Å². The maximum absolute atomic E-state index is 13.9. The Morgan fingerprint density at radius 2 is 2.00 bits per heavy atom. The molecular weight excluding hydrogens is 316 g/mol. The quantitative estimate of drug-likeness (QED) is 0.765. The van der Waals surface area contributed by atoms with Crippen molar-refractivity contribution in [3.05, 3.63) is 53.0 Å². The lowest BCUT2D eigenvalue weighted by Crippen LogP contribution is -2.32. The average molecular weight is 333 g/mol. The van der Waals surface area contributed by atoms with Crippen LogP contribution in [0.3, 0.4) is 0 Å². The van der Waals surface area contributed by atoms with Crippen LogP contribution in [-0.4, -0.2) is 21.6 Å². The molecule has 1 unspecified atom stereocenters. The predicted octanol–water partition coefficient (Wildman–Crippen LogP) is 3.44. The van der Waals surface area contributed by atoms with E-state index in [0.29, 0.717) is 16.9 Å². The van der Waals surface area contributed by atoms with Crippen LogP contribution in [-0.2, 0) is 5.60 Å². The summed E-state index contributed by atoms with van der Waals surface area (Å²) in [6, 6.07) is 3.09. The lowest BCUT2D eigenvalue weighted by atomic mass is 9.95. The van der Waals surface area contributed by atoms with Crippen molar-refractivity contribution in [2.45, 2.75) is 26.4 Å². The van der Waals surface area contributed by atoms with E-state index in [1.807, 2.05) is 13.8 Å². The molecule has 0 saturated carbocycles. The van der Waals surface area contributed by atoms with E-state index in [9.17, 15) is 13.9 Å². The van der Waals surface area contributed by atoms with Crippen molar-refractivity contribution >= 4 is 16.9 Å². The van der Waals surface area contributed by atoms with E-state index in [-0.39, 0.29) is 12.1 Å². The average Bonchev–Trinajstić information content (AvgIpc) is 2.80. The standard InChI is InChI=1S/C17H17F2N3O2/c1-9-10(2)24-16-14(9)15(21-8-22-16)20-7-17(3,23)12-5-4-11(18)6-13(12)19/h4-6,8,23H,7H2,1-3H3,(H,20,21,22). The van der Waals surface area contributed by atoms with Crippen LogP contribution in [0.1, 0.15) is 23.8 Å². The Balaban J connectivity index is 1.90. The van der Waals surface area contributed by atoms with Gasteiger partial charge in [0.15, 0.2) is 0 Å². The molecule has 126 valence electrons. The summed E-state index contributed by atoms with van der Waals surface area (Å²) in [5.41, 5.74) is -0.223. The topological polar surface area (TPSA) is 71.2 Å². The third-order valence-corrected chi connectivity index (χ3v) is 4.08. The zero-order chi connectivity index (χ0) is 17.5. The summed E-state index contributed by atoms with van der Waals surface area (Å²) in [5.74, 6) is -0.283. The van der Waals surface area contributed by atoms with Crippen molar-refractivity contribution in [3.8, 4) is 0 Å². The number of furan rings is 1. The number of rotatable bonds is 4. The van der Waals surface area contributed by atoms with Gasteiger partial charge in [-0.25, -0.2) is 18.7 Å². The number of benzene rings is 1. The molecule has 0 spiro atoms. The molecule has 3 aromatic rings. The molecule has 0 saturated heterocycles. The Hall–Kier alpha value is -2.54. The maximum Gasteiger partial charge on any atom is 0.231 e. The molecule has 7 heteroatoms. The number of nitrogens with one attached hydrogen (secondary N) is 1. The molecule has 0 aliphatic rings. The second kappa shape index (κ2) is 5.83. The Kier molecular flexibility index (Phi) is 3.96. The summed E-state index contributed by atoms with van der Waals surface area (Å²) < 4.78 is 32.5. The van der Waals surface area contributed by atoms with Gasteiger partial charge in [-0.1, -0.05) is 6.07 Å². The molecule has 0 radical (unpaired) electrons. The fourth-order valence-corrected chi connectivity index (χ4v) is 2.59. The van der Waals surface area contributed by atoms with Crippen molar-refractivity contribution < 1.29 is 18.3 Å². The fourth-order valence-electron chi connectivity index (χ4n) is 2.59. The van der Waals surface area contributed by atoms with E-state index in [1.165, 1.54) is 19.3 Å². The SMILES string of the molecule is Cc1oc2ncnc(NCC(C)(O)c3ccc(F)cc3F)c2c1C. The normalized spacial score (nSPS) is 13.9. The van der Waals surface area contributed by atoms with Gasteiger partial charge < -0.3 is 14.8 Å². The molecule has 0 bridgehead atoms. The molecule has 0 fully saturated rings. The number of hydrogen-bond donors (Lipinski definition) is 2. The molecule has 24 heavy (non-hydrogen) atoms. The number of anilines is 1. The van der Waals surface area contributed by atoms with Gasteiger partial charge in [0.2, 0.25) is 5.71 Å². The van der Waals surface area contributed by atoms with Gasteiger partial charge in [-0.05, 0) is 26.8 Å². The van der Waals surface area contributed by atoms with Crippen LogP contribution in [0.4, 0.5) is 14.6 Å². The molecule has 5 nitrogen and oxygen atoms in total. The highest BCUT2D eigenvalue weighted by Crippen LogP contribution is 2.30. The first kappa shape index (κ1) is 16.3. The summed E-state index contributed by atoms with van der Waals surface area (Å²) in [6.45, 7) is 5.13. The minimum atomic E-state index is -1.55. The monoisotopic (exact) mass is 333 g/mol. The molecule has 1 aromatic carbocycles. The molecule has 1 atom stereocenters. The number of nitrogens with zero attached hydrogens (tertiary/aromatic N) is 2. The zero-order valence-corrected chi connectivity index (χ0v) is 13.5. The lowest BCUT2D eigenvalue weighted by Gasteiger charge is -2.25. The van der Waals surface area contributed by atoms with Crippen molar-refractivity contribution in [2.24, 2.45) is 0 Å². The van der Waals surface area contributed by atoms with Gasteiger partial charge in [-0.2, -0.15) is 0 Å². The van der Waals surface area contributed by atoms with E-state index in [4.69, 9.17) is 4.42 Å². The summed E-state index contributed by atoms with van der Waals surface area (Å²) in [7, 11) is 0. The van der Waals surface area contributed by atoms with Gasteiger partial charge in [0.05, 0.1) is 5.39 Å². The first-order valence-corrected chi connectivity index (χ1v) is 7.42. The third-order valence-electron chi connectivity index (χ3n) is 4.08. The van der Waals surface area contributed by atoms with Gasteiger partial charge in [-0.15, -0.1) is 0 Å². The highest BCUT2D eigenvalue weighted by molar-refractivity contribution is 5.89. The number of fused-ring (bicyclic) bond motifs is 1. The zero-order valence-electron chi connectivity index (χ0n) is 13.5. The number of halogens is 2. The molecule has 0 aliphatic heterocycles. The van der Waals surface area contributed by atoms with Crippen molar-refractivity contribution in [1.82, 2.24) is 9.97 Å². The highest BCUT2D eigenvalue weighted by atomic mass is 19.1. The first-order chi connectivity index (χ1) is 11.3. The smallest absolute Gasteiger partial charge is 0.231 e. The number of hydrogen-bond acceptors (Lipinski definition) is 5. The van der Waals surface area contributed by atoms with Crippen molar-refractivity contribution in [1.29, 1.82) is 0 Å². The Labute approximate surface area is 137 Å². The second-order valence-electron chi connectivity index (χ2n) is 5.94. The Bertz CT molecular complexity index is 906. The van der Waals surface area contributed by atoms with Crippen LogP contribution >= 0.6 is 0 Å². The summed E-state index contributed by atoms with van der Waals surface area (Å²) in [6.07, 6.45) is 1.35. The van der Waals surface area contributed by atoms with E-state index >= 15 is 0 Å². The molecule has 3 rings (SSSR count). The fraction of sp³-hybridized carbons (Fsp3) is 0.294. The molecule has 0 aliphatic carbocycles. The summed E-state index contributed by atoms with van der Waals surface area (Å²) >= 11 is 0. The van der Waals surface area contributed by atoms with Gasteiger partial charge >= 0.3 is 0 Å². The number of aliphatic hydroxyl groups is 1. The maximum atomic E-state index is 13.9. The number of aromatic nitrogens is 2. The first-order valence-electron chi connectivity index (χ1n) is 7.42. The molecular formula is C17H17F2N3O2. The van der Waals surface area contributed by atoms with Crippen LogP contribution in [0, 0.1) is 25.5 Å². The van der Waals surface area contributed by atoms with E-state index in [1.54, 1.807) is 0 Å². The van der Waals surface area contributed by atoms with Gasteiger partial charge in [0.1, 0.15) is 35.1 Å². The summed E-state index contributed by atoms with van der Waals surface area (Å²) in [5, 5.41) is 14.3. The Morgan fingerprint density at radius 3 is 2.71 bits per heavy atom. The Morgan fingerprint density at radius 1 is 1.25 bits per heavy atom. The third kappa shape index (κ3) is 2.82. The lowest BCUT2D eigenvalue weighted by molar-refractivity contribution is 0.0674. The van der Waals surface area contributed by atoms with Crippen molar-refractivity contribution in [2.75, 3.05) is 11.9 Å². The number of aryl methyl sites for hydroxylation is 2. The van der Waals surface area contributed by atoms with Crippen LogP contribution in [0.25, 0.3) is 11.1 Å². The van der Waals surface area contributed by atoms with Crippen LogP contribution in [0.2, 0.25) is 0 Å². The summed E-state index contributed by atoms with van der Waals surface area (Å²) in [4.78, 5) is 8.24. The van der Waals surface area contributed by atoms with E-state index < -0.39 is 17.2 Å². The molecule has 0 amide bonds. The largest absolute Gasteiger partial charge is 0.443 e. The van der Waals surface area contributed by atoms with Crippen LogP contribution < -0.4 is 5.32 Å². The van der Waals surface area contributed by atoms with Gasteiger partial charge in [0.25, 0.3) is 0 Å². The highest BCUT2D eigenvalue weighted by Gasteiger charge is 2.27. The minimum absolute atomic E-state index is 0.00166. The van der Waals surface area contributed by atoms with E-state index in [0.717, 1.165) is 23.5 Å². The van der Waals surface area contributed by atoms with Gasteiger partial charge in [-0.3, -0.25) is 0 Å². The van der Waals surface area contributed by atoms with Gasteiger partial charge in [0, 0.05) is 23.7 Å². The van der Waals surface area contributed by atoms with Crippen LogP contribution in [0.15, 0.2) is 28.9 Å². The predicted molar refractivity (Wildman–Crippen MR) is 85.7 cm³/mol. The minimum Gasteiger partial charge on any atom is -0.443 e. The van der Waals surface area contributed by atoms with Crippen molar-refractivity contribution in [3.63, 3.8) is 0 Å². The second-order valence-corrected chi connectivity index (χ2v) is 5.94. The van der Waals surface area contributed by atoms with E-state index in [2.05, 4.69) is 15.3 Å². The molecule has 2 N–H and O–H groups in total.